The molecule has 0 aromatic carbocycles. The summed E-state index contributed by atoms with van der Waals surface area (Å²) in [5, 5.41) is 11.9. The van der Waals surface area contributed by atoms with Crippen LogP contribution in [-0.4, -0.2) is 27.9 Å². The molecule has 0 radical (unpaired) electrons. The number of nitrogens with one attached hydrogen (secondary N) is 2. The summed E-state index contributed by atoms with van der Waals surface area (Å²) in [4.78, 5) is 0. The molecule has 0 saturated carbocycles. The maximum absolute atomic E-state index is 4.64. The van der Waals surface area contributed by atoms with Gasteiger partial charge >= 0.3 is 0 Å². The molecule has 0 unspecified atom stereocenters. The van der Waals surface area contributed by atoms with Crippen molar-refractivity contribution in [2.75, 3.05) is 6.54 Å². The van der Waals surface area contributed by atoms with Gasteiger partial charge in [-0.2, -0.15) is 5.10 Å². The Morgan fingerprint density at radius 2 is 2.16 bits per heavy atom. The van der Waals surface area contributed by atoms with Crippen molar-refractivity contribution >= 4 is 0 Å². The predicted octanol–water partition coefficient (Wildman–Crippen LogP) is 2.14. The van der Waals surface area contributed by atoms with E-state index >= 15 is 0 Å². The normalized spacial score (nSPS) is 22.1. The van der Waals surface area contributed by atoms with Crippen molar-refractivity contribution in [1.82, 2.24) is 20.4 Å². The first kappa shape index (κ1) is 14.5. The lowest BCUT2D eigenvalue weighted by atomic mass is 9.96. The quantitative estimate of drug-likeness (QED) is 0.856. The van der Waals surface area contributed by atoms with E-state index in [9.17, 15) is 0 Å². The summed E-state index contributed by atoms with van der Waals surface area (Å²) < 4.78 is 2.14. The van der Waals surface area contributed by atoms with Gasteiger partial charge in [0.25, 0.3) is 0 Å². The highest BCUT2D eigenvalue weighted by Gasteiger charge is 2.33. The first-order valence-corrected chi connectivity index (χ1v) is 7.47. The van der Waals surface area contributed by atoms with Crippen LogP contribution >= 0.6 is 0 Å². The van der Waals surface area contributed by atoms with Crippen LogP contribution in [0, 0.1) is 13.8 Å². The Hall–Kier alpha value is -0.870. The molecule has 0 bridgehead atoms. The molecule has 1 fully saturated rings. The highest BCUT2D eigenvalue weighted by atomic mass is 15.3. The third kappa shape index (κ3) is 3.00. The number of aryl methyl sites for hydroxylation is 2. The third-order valence-electron chi connectivity index (χ3n) is 4.38. The molecule has 4 nitrogen and oxygen atoms in total. The van der Waals surface area contributed by atoms with E-state index in [0.29, 0.717) is 6.04 Å². The Bertz CT molecular complexity index is 434. The second-order valence-electron chi connectivity index (χ2n) is 6.24. The van der Waals surface area contributed by atoms with Crippen LogP contribution in [-0.2, 0) is 13.1 Å². The van der Waals surface area contributed by atoms with Crippen LogP contribution in [0.3, 0.4) is 0 Å². The SMILES string of the molecule is CCCn1nc(C)c(CN[C@H]2CCNC2(C)C)c1C. The van der Waals surface area contributed by atoms with E-state index in [1.165, 1.54) is 23.4 Å². The zero-order valence-electron chi connectivity index (χ0n) is 13.0. The van der Waals surface area contributed by atoms with E-state index in [1.807, 2.05) is 0 Å². The lowest BCUT2D eigenvalue weighted by Gasteiger charge is -2.28. The van der Waals surface area contributed by atoms with Crippen LogP contribution in [0.4, 0.5) is 0 Å². The fourth-order valence-corrected chi connectivity index (χ4v) is 3.02. The van der Waals surface area contributed by atoms with Crippen molar-refractivity contribution < 1.29 is 0 Å². The van der Waals surface area contributed by atoms with Crippen molar-refractivity contribution in [1.29, 1.82) is 0 Å². The molecule has 2 rings (SSSR count). The van der Waals surface area contributed by atoms with E-state index < -0.39 is 0 Å². The van der Waals surface area contributed by atoms with Gasteiger partial charge < -0.3 is 10.6 Å². The smallest absolute Gasteiger partial charge is 0.0641 e. The largest absolute Gasteiger partial charge is 0.310 e. The Morgan fingerprint density at radius 3 is 2.74 bits per heavy atom. The van der Waals surface area contributed by atoms with Gasteiger partial charge in [0.2, 0.25) is 0 Å². The van der Waals surface area contributed by atoms with Crippen molar-refractivity contribution in [3.05, 3.63) is 17.0 Å². The standard InChI is InChI=1S/C15H28N4/c1-6-9-19-12(3)13(11(2)18-19)10-16-14-7-8-17-15(14,4)5/h14,16-17H,6-10H2,1-5H3/t14-/m0/s1. The average molecular weight is 264 g/mol. The molecule has 0 aliphatic carbocycles. The lowest BCUT2D eigenvalue weighted by molar-refractivity contribution is 0.350. The minimum Gasteiger partial charge on any atom is -0.310 e. The molecule has 0 amide bonds. The monoisotopic (exact) mass is 264 g/mol. The molecule has 19 heavy (non-hydrogen) atoms. The van der Waals surface area contributed by atoms with Gasteiger partial charge in [0.05, 0.1) is 5.69 Å². The molecular weight excluding hydrogens is 236 g/mol. The molecular formula is C15H28N4. The molecule has 1 aliphatic heterocycles. The van der Waals surface area contributed by atoms with Crippen LogP contribution in [0.1, 0.15) is 50.6 Å². The summed E-state index contributed by atoms with van der Waals surface area (Å²) in [6, 6.07) is 0.542. The molecule has 4 heteroatoms. The zero-order valence-corrected chi connectivity index (χ0v) is 13.0. The van der Waals surface area contributed by atoms with Crippen LogP contribution in [0.2, 0.25) is 0 Å². The number of aromatic nitrogens is 2. The molecule has 2 heterocycles. The summed E-state index contributed by atoms with van der Waals surface area (Å²) in [5.74, 6) is 0. The van der Waals surface area contributed by atoms with E-state index in [1.54, 1.807) is 0 Å². The minimum absolute atomic E-state index is 0.196. The Balaban J connectivity index is 2.03. The van der Waals surface area contributed by atoms with Crippen molar-refractivity contribution in [2.45, 2.75) is 72.1 Å². The average Bonchev–Trinajstić information content (AvgIpc) is 2.79. The summed E-state index contributed by atoms with van der Waals surface area (Å²) in [6.45, 7) is 14.1. The van der Waals surface area contributed by atoms with Crippen molar-refractivity contribution in [3.63, 3.8) is 0 Å². The highest BCUT2D eigenvalue weighted by molar-refractivity contribution is 5.24. The molecule has 1 aliphatic rings. The molecule has 1 atom stereocenters. The maximum Gasteiger partial charge on any atom is 0.0641 e. The number of hydrogen-bond donors (Lipinski definition) is 2. The summed E-state index contributed by atoms with van der Waals surface area (Å²) in [7, 11) is 0. The fraction of sp³-hybridized carbons (Fsp3) is 0.800. The van der Waals surface area contributed by atoms with Gasteiger partial charge in [-0.05, 0) is 47.1 Å². The topological polar surface area (TPSA) is 41.9 Å². The van der Waals surface area contributed by atoms with Gasteiger partial charge in [0.15, 0.2) is 0 Å². The lowest BCUT2D eigenvalue weighted by Crippen LogP contribution is -2.48. The Morgan fingerprint density at radius 1 is 1.42 bits per heavy atom. The highest BCUT2D eigenvalue weighted by Crippen LogP contribution is 2.20. The van der Waals surface area contributed by atoms with E-state index in [4.69, 9.17) is 0 Å². The third-order valence-corrected chi connectivity index (χ3v) is 4.38. The molecule has 2 N–H and O–H groups in total. The summed E-state index contributed by atoms with van der Waals surface area (Å²) in [6.07, 6.45) is 2.34. The van der Waals surface area contributed by atoms with Gasteiger partial charge in [0, 0.05) is 35.9 Å². The zero-order chi connectivity index (χ0) is 14.0. The van der Waals surface area contributed by atoms with Gasteiger partial charge in [-0.1, -0.05) is 6.92 Å². The minimum atomic E-state index is 0.196. The Kier molecular flexibility index (Phi) is 4.31. The summed E-state index contributed by atoms with van der Waals surface area (Å²) >= 11 is 0. The molecule has 1 aromatic rings. The Labute approximate surface area is 117 Å². The van der Waals surface area contributed by atoms with Gasteiger partial charge in [-0.3, -0.25) is 4.68 Å². The number of nitrogens with zero attached hydrogens (tertiary/aromatic N) is 2. The number of hydrogen-bond acceptors (Lipinski definition) is 3. The van der Waals surface area contributed by atoms with Crippen LogP contribution in [0.25, 0.3) is 0 Å². The first-order valence-electron chi connectivity index (χ1n) is 7.47. The maximum atomic E-state index is 4.64. The fourth-order valence-electron chi connectivity index (χ4n) is 3.02. The van der Waals surface area contributed by atoms with Crippen LogP contribution < -0.4 is 10.6 Å². The molecule has 1 aromatic heterocycles. The van der Waals surface area contributed by atoms with Crippen molar-refractivity contribution in [3.8, 4) is 0 Å². The molecule has 0 spiro atoms. The molecule has 108 valence electrons. The number of rotatable bonds is 5. The second-order valence-corrected chi connectivity index (χ2v) is 6.24. The van der Waals surface area contributed by atoms with Gasteiger partial charge in [-0.15, -0.1) is 0 Å². The van der Waals surface area contributed by atoms with E-state index in [2.05, 4.69) is 55.0 Å². The van der Waals surface area contributed by atoms with E-state index in [-0.39, 0.29) is 5.54 Å². The summed E-state index contributed by atoms with van der Waals surface area (Å²) in [5.41, 5.74) is 4.05. The van der Waals surface area contributed by atoms with Gasteiger partial charge in [0.1, 0.15) is 0 Å². The van der Waals surface area contributed by atoms with Crippen LogP contribution in [0.5, 0.6) is 0 Å². The first-order chi connectivity index (χ1) is 8.95. The molecule has 1 saturated heterocycles. The second kappa shape index (κ2) is 5.63. The van der Waals surface area contributed by atoms with E-state index in [0.717, 1.165) is 26.1 Å². The van der Waals surface area contributed by atoms with Crippen LogP contribution in [0.15, 0.2) is 0 Å². The van der Waals surface area contributed by atoms with Crippen molar-refractivity contribution in [2.24, 2.45) is 0 Å². The predicted molar refractivity (Wildman–Crippen MR) is 79.3 cm³/mol. The van der Waals surface area contributed by atoms with Gasteiger partial charge in [-0.25, -0.2) is 0 Å².